The lowest BCUT2D eigenvalue weighted by Crippen LogP contribution is -2.31. The zero-order valence-electron chi connectivity index (χ0n) is 9.71. The Hall–Kier alpha value is -1.34. The van der Waals surface area contributed by atoms with Gasteiger partial charge in [0.25, 0.3) is 10.1 Å². The highest BCUT2D eigenvalue weighted by Gasteiger charge is 2.15. The molecule has 92 valence electrons. The van der Waals surface area contributed by atoms with E-state index in [1.165, 1.54) is 7.85 Å². The van der Waals surface area contributed by atoms with Gasteiger partial charge in [0.2, 0.25) is 7.85 Å². The zero-order chi connectivity index (χ0) is 12.9. The molecule has 7 heteroatoms. The molecule has 5 nitrogen and oxygen atoms in total. The summed E-state index contributed by atoms with van der Waals surface area (Å²) >= 11 is 0. The molecule has 17 heavy (non-hydrogen) atoms. The lowest BCUT2D eigenvalue weighted by Gasteiger charge is -2.17. The zero-order valence-corrected chi connectivity index (χ0v) is 10.5. The second-order valence-electron chi connectivity index (χ2n) is 3.65. The van der Waals surface area contributed by atoms with Gasteiger partial charge in [0, 0.05) is 0 Å². The molecular formula is C10H14BNO4S. The van der Waals surface area contributed by atoms with Gasteiger partial charge in [0.15, 0.2) is 5.81 Å². The molecule has 0 aliphatic rings. The van der Waals surface area contributed by atoms with Crippen LogP contribution in [0.2, 0.25) is 0 Å². The molecule has 0 radical (unpaired) electrons. The van der Waals surface area contributed by atoms with Gasteiger partial charge in [-0.3, -0.25) is 8.98 Å². The fourth-order valence-corrected chi connectivity index (χ4v) is 1.73. The minimum absolute atomic E-state index is 0.109. The van der Waals surface area contributed by atoms with Gasteiger partial charge in [-0.05, 0) is 5.56 Å². The molecule has 0 spiro atoms. The summed E-state index contributed by atoms with van der Waals surface area (Å²) < 4.78 is 26.5. The van der Waals surface area contributed by atoms with Gasteiger partial charge in [0.05, 0.1) is 18.9 Å². The van der Waals surface area contributed by atoms with Gasteiger partial charge in [-0.15, -0.1) is 0 Å². The number of nitrogens with one attached hydrogen (secondary N) is 1. The van der Waals surface area contributed by atoms with Gasteiger partial charge < -0.3 is 5.32 Å². The number of hydrogen-bond acceptors (Lipinski definition) is 4. The van der Waals surface area contributed by atoms with Gasteiger partial charge in [-0.2, -0.15) is 8.42 Å². The molecule has 1 atom stereocenters. The van der Waals surface area contributed by atoms with Gasteiger partial charge in [-0.25, -0.2) is 0 Å². The first-order valence-corrected chi connectivity index (χ1v) is 6.86. The van der Waals surface area contributed by atoms with E-state index in [-0.39, 0.29) is 12.4 Å². The van der Waals surface area contributed by atoms with Crippen LogP contribution in [0.15, 0.2) is 30.3 Å². The molecule has 1 amide bonds. The van der Waals surface area contributed by atoms with E-state index in [9.17, 15) is 13.2 Å². The van der Waals surface area contributed by atoms with Gasteiger partial charge >= 0.3 is 0 Å². The number of carbonyl (C=O) groups excluding carboxylic acids is 1. The molecule has 0 saturated carbocycles. The van der Waals surface area contributed by atoms with E-state index in [1.807, 2.05) is 18.2 Å². The van der Waals surface area contributed by atoms with Crippen LogP contribution in [0.5, 0.6) is 0 Å². The molecule has 0 aliphatic heterocycles. The maximum absolute atomic E-state index is 11.0. The highest BCUT2D eigenvalue weighted by molar-refractivity contribution is 7.85. The number of amides is 1. The lowest BCUT2D eigenvalue weighted by molar-refractivity contribution is 0.242. The van der Waals surface area contributed by atoms with Crippen LogP contribution in [-0.4, -0.2) is 34.9 Å². The summed E-state index contributed by atoms with van der Waals surface area (Å²) in [6.45, 7) is -0.109. The highest BCUT2D eigenvalue weighted by atomic mass is 32.2. The monoisotopic (exact) mass is 255 g/mol. The molecule has 0 saturated heterocycles. The van der Waals surface area contributed by atoms with Crippen LogP contribution in [0.25, 0.3) is 0 Å². The summed E-state index contributed by atoms with van der Waals surface area (Å²) in [5, 5.41) is 2.64. The van der Waals surface area contributed by atoms with Crippen molar-refractivity contribution < 1.29 is 17.4 Å². The van der Waals surface area contributed by atoms with E-state index in [0.29, 0.717) is 0 Å². The molecule has 1 rings (SSSR count). The van der Waals surface area contributed by atoms with Crippen molar-refractivity contribution in [2.75, 3.05) is 12.9 Å². The van der Waals surface area contributed by atoms with Crippen molar-refractivity contribution in [3.63, 3.8) is 0 Å². The Morgan fingerprint density at radius 1 is 1.41 bits per heavy atom. The summed E-state index contributed by atoms with van der Waals surface area (Å²) in [6.07, 6.45) is 0.975. The van der Waals surface area contributed by atoms with Crippen LogP contribution < -0.4 is 5.32 Å². The Labute approximate surface area is 102 Å². The number of rotatable bonds is 5. The normalized spacial score (nSPS) is 13.0. The quantitative estimate of drug-likeness (QED) is 0.596. The molecule has 1 aromatic rings. The largest absolute Gasteiger partial charge is 0.356 e. The maximum Gasteiger partial charge on any atom is 0.264 e. The van der Waals surface area contributed by atoms with E-state index >= 15 is 0 Å². The third-order valence-corrected chi connectivity index (χ3v) is 2.59. The minimum atomic E-state index is -3.51. The Morgan fingerprint density at radius 2 is 2.00 bits per heavy atom. The fraction of sp³-hybridized carbons (Fsp3) is 0.300. The lowest BCUT2D eigenvalue weighted by atomic mass is 10.0. The molecule has 0 aliphatic carbocycles. The number of hydrogen-bond donors (Lipinski definition) is 1. The molecule has 0 heterocycles. The van der Waals surface area contributed by atoms with E-state index < -0.39 is 16.2 Å². The summed E-state index contributed by atoms with van der Waals surface area (Å²) in [4.78, 5) is 11.0. The predicted molar refractivity (Wildman–Crippen MR) is 67.1 cm³/mol. The van der Waals surface area contributed by atoms with E-state index in [0.717, 1.165) is 11.8 Å². The van der Waals surface area contributed by atoms with Crippen molar-refractivity contribution in [1.29, 1.82) is 0 Å². The van der Waals surface area contributed by atoms with E-state index in [1.54, 1.807) is 12.1 Å². The first kappa shape index (κ1) is 13.7. The Bertz CT molecular complexity index is 474. The molecule has 1 aromatic carbocycles. The van der Waals surface area contributed by atoms with E-state index in [2.05, 4.69) is 5.32 Å². The SMILES string of the molecule is BC(=O)N[C@H](COS(C)(=O)=O)c1ccccc1. The van der Waals surface area contributed by atoms with Crippen LogP contribution in [0, 0.1) is 0 Å². The molecule has 0 aromatic heterocycles. The Kier molecular flexibility index (Phi) is 4.71. The Morgan fingerprint density at radius 3 is 2.47 bits per heavy atom. The van der Waals surface area contributed by atoms with Crippen molar-refractivity contribution in [2.24, 2.45) is 0 Å². The second kappa shape index (κ2) is 5.83. The summed E-state index contributed by atoms with van der Waals surface area (Å²) in [5.41, 5.74) is 0.798. The summed E-state index contributed by atoms with van der Waals surface area (Å²) in [6, 6.07) is 8.59. The van der Waals surface area contributed by atoms with Crippen LogP contribution in [0.4, 0.5) is 4.79 Å². The first-order valence-electron chi connectivity index (χ1n) is 5.05. The second-order valence-corrected chi connectivity index (χ2v) is 5.30. The molecule has 0 fully saturated rings. The minimum Gasteiger partial charge on any atom is -0.356 e. The Balaban J connectivity index is 2.78. The third-order valence-electron chi connectivity index (χ3n) is 2.03. The first-order chi connectivity index (χ1) is 7.88. The average Bonchev–Trinajstić information content (AvgIpc) is 2.24. The maximum atomic E-state index is 11.0. The van der Waals surface area contributed by atoms with Crippen LogP contribution in [0.1, 0.15) is 11.6 Å². The van der Waals surface area contributed by atoms with Crippen LogP contribution in [-0.2, 0) is 14.3 Å². The fourth-order valence-electron chi connectivity index (χ4n) is 1.34. The predicted octanol–water partition coefficient (Wildman–Crippen LogP) is 0.0466. The summed E-state index contributed by atoms with van der Waals surface area (Å²) in [7, 11) is -2.14. The third kappa shape index (κ3) is 5.51. The summed E-state index contributed by atoms with van der Waals surface area (Å²) in [5.74, 6) is -0.240. The van der Waals surface area contributed by atoms with Crippen molar-refractivity contribution in [1.82, 2.24) is 5.32 Å². The topological polar surface area (TPSA) is 72.5 Å². The van der Waals surface area contributed by atoms with E-state index in [4.69, 9.17) is 4.18 Å². The molecular weight excluding hydrogens is 241 g/mol. The number of carbonyl (C=O) groups is 1. The molecule has 0 unspecified atom stereocenters. The molecule has 0 bridgehead atoms. The van der Waals surface area contributed by atoms with Gasteiger partial charge in [0.1, 0.15) is 0 Å². The van der Waals surface area contributed by atoms with Crippen molar-refractivity contribution in [2.45, 2.75) is 6.04 Å². The smallest absolute Gasteiger partial charge is 0.264 e. The van der Waals surface area contributed by atoms with Gasteiger partial charge in [-0.1, -0.05) is 30.3 Å². The average molecular weight is 255 g/mol. The van der Waals surface area contributed by atoms with Crippen LogP contribution >= 0.6 is 0 Å². The standard InChI is InChI=1S/C10H14BNO4S/c1-17(14,15)16-7-9(12-10(11)13)8-5-3-2-4-6-8/h2-6,9H,7,11H2,1H3,(H,12,13)/t9-/m1/s1. The molecule has 1 N–H and O–H groups in total. The number of benzene rings is 1. The van der Waals surface area contributed by atoms with Crippen molar-refractivity contribution in [3.8, 4) is 0 Å². The highest BCUT2D eigenvalue weighted by Crippen LogP contribution is 2.13. The van der Waals surface area contributed by atoms with Crippen molar-refractivity contribution in [3.05, 3.63) is 35.9 Å². The van der Waals surface area contributed by atoms with Crippen LogP contribution in [0.3, 0.4) is 0 Å². The van der Waals surface area contributed by atoms with Crippen molar-refractivity contribution >= 4 is 23.8 Å².